The van der Waals surface area contributed by atoms with Crippen molar-refractivity contribution in [3.05, 3.63) is 29.3 Å². The van der Waals surface area contributed by atoms with E-state index < -0.39 is 6.10 Å². The molecule has 1 heterocycles. The van der Waals surface area contributed by atoms with Crippen molar-refractivity contribution in [2.75, 3.05) is 6.61 Å². The summed E-state index contributed by atoms with van der Waals surface area (Å²) in [6, 6.07) is 5.86. The van der Waals surface area contributed by atoms with Gasteiger partial charge >= 0.3 is 0 Å². The second kappa shape index (κ2) is 3.31. The number of hydrogen-bond acceptors (Lipinski definition) is 2. The van der Waals surface area contributed by atoms with Crippen molar-refractivity contribution >= 4 is 15.9 Å². The first-order chi connectivity index (χ1) is 6.18. The molecular weight excluding hydrogens is 232 g/mol. The van der Waals surface area contributed by atoms with Crippen molar-refractivity contribution in [1.82, 2.24) is 0 Å². The van der Waals surface area contributed by atoms with E-state index in [9.17, 15) is 5.11 Å². The Morgan fingerprint density at radius 3 is 3.08 bits per heavy atom. The predicted octanol–water partition coefficient (Wildman–Crippen LogP) is 2.18. The zero-order valence-corrected chi connectivity index (χ0v) is 8.91. The van der Waals surface area contributed by atoms with Crippen LogP contribution >= 0.6 is 15.9 Å². The summed E-state index contributed by atoms with van der Waals surface area (Å²) >= 11 is 3.37. The van der Waals surface area contributed by atoms with E-state index in [1.54, 1.807) is 0 Å². The molecule has 2 atom stereocenters. The number of aliphatic hydroxyl groups is 1. The lowest BCUT2D eigenvalue weighted by molar-refractivity contribution is 0.125. The second-order valence-electron chi connectivity index (χ2n) is 3.31. The molecule has 1 N–H and O–H groups in total. The molecular formula is C10H11BrO2. The normalized spacial score (nSPS) is 26.4. The van der Waals surface area contributed by atoms with E-state index in [0.29, 0.717) is 6.61 Å². The van der Waals surface area contributed by atoms with Gasteiger partial charge in [-0.15, -0.1) is 0 Å². The summed E-state index contributed by atoms with van der Waals surface area (Å²) in [7, 11) is 0. The quantitative estimate of drug-likeness (QED) is 0.707. The molecule has 3 heteroatoms. The molecule has 0 saturated heterocycles. The Kier molecular flexibility index (Phi) is 2.30. The van der Waals surface area contributed by atoms with Crippen LogP contribution in [0.1, 0.15) is 17.2 Å². The Balaban J connectivity index is 2.45. The molecule has 0 saturated carbocycles. The van der Waals surface area contributed by atoms with Crippen LogP contribution < -0.4 is 4.74 Å². The van der Waals surface area contributed by atoms with E-state index >= 15 is 0 Å². The number of aryl methyl sites for hydroxylation is 1. The van der Waals surface area contributed by atoms with Crippen LogP contribution in [0.2, 0.25) is 0 Å². The minimum absolute atomic E-state index is 0.00167. The summed E-state index contributed by atoms with van der Waals surface area (Å²) in [5, 5.41) is 9.83. The van der Waals surface area contributed by atoms with Crippen LogP contribution in [0.3, 0.4) is 0 Å². The monoisotopic (exact) mass is 242 g/mol. The smallest absolute Gasteiger partial charge is 0.125 e. The molecule has 2 unspecified atom stereocenters. The first-order valence-electron chi connectivity index (χ1n) is 4.24. The lowest BCUT2D eigenvalue weighted by Crippen LogP contribution is -2.25. The number of rotatable bonds is 0. The number of alkyl halides is 1. The maximum Gasteiger partial charge on any atom is 0.125 e. The van der Waals surface area contributed by atoms with E-state index in [2.05, 4.69) is 15.9 Å². The third-order valence-corrected chi connectivity index (χ3v) is 2.99. The van der Waals surface area contributed by atoms with Gasteiger partial charge in [0.2, 0.25) is 0 Å². The van der Waals surface area contributed by atoms with Gasteiger partial charge in [-0.05, 0) is 19.1 Å². The Labute approximate surface area is 85.7 Å². The van der Waals surface area contributed by atoms with Gasteiger partial charge in [-0.2, -0.15) is 0 Å². The number of aliphatic hydroxyl groups excluding tert-OH is 1. The Morgan fingerprint density at radius 2 is 2.31 bits per heavy atom. The largest absolute Gasteiger partial charge is 0.492 e. The highest BCUT2D eigenvalue weighted by Gasteiger charge is 2.26. The van der Waals surface area contributed by atoms with Gasteiger partial charge in [0.25, 0.3) is 0 Å². The van der Waals surface area contributed by atoms with Gasteiger partial charge in [0.1, 0.15) is 12.4 Å². The van der Waals surface area contributed by atoms with Crippen molar-refractivity contribution in [3.8, 4) is 5.75 Å². The molecule has 2 rings (SSSR count). The Morgan fingerprint density at radius 1 is 1.54 bits per heavy atom. The summed E-state index contributed by atoms with van der Waals surface area (Å²) in [5.41, 5.74) is 2.02. The summed E-state index contributed by atoms with van der Waals surface area (Å²) in [6.07, 6.45) is -0.455. The number of fused-ring (bicyclic) bond motifs is 1. The van der Waals surface area contributed by atoms with Crippen LogP contribution in [0, 0.1) is 6.92 Å². The third-order valence-electron chi connectivity index (χ3n) is 2.22. The third kappa shape index (κ3) is 1.58. The topological polar surface area (TPSA) is 29.5 Å². The van der Waals surface area contributed by atoms with E-state index in [1.807, 2.05) is 25.1 Å². The summed E-state index contributed by atoms with van der Waals surface area (Å²) in [4.78, 5) is 0.00167. The molecule has 13 heavy (non-hydrogen) atoms. The van der Waals surface area contributed by atoms with Gasteiger partial charge in [0.15, 0.2) is 0 Å². The number of hydrogen-bond donors (Lipinski definition) is 1. The molecule has 1 aliphatic rings. The SMILES string of the molecule is Cc1ccc2c(c1)C(O)C(Br)CO2. The molecule has 0 amide bonds. The van der Waals surface area contributed by atoms with Crippen LogP contribution in [0.4, 0.5) is 0 Å². The number of ether oxygens (including phenoxy) is 1. The zero-order chi connectivity index (χ0) is 9.42. The zero-order valence-electron chi connectivity index (χ0n) is 7.33. The predicted molar refractivity (Wildman–Crippen MR) is 54.3 cm³/mol. The molecule has 70 valence electrons. The van der Waals surface area contributed by atoms with Gasteiger partial charge in [0, 0.05) is 5.56 Å². The van der Waals surface area contributed by atoms with Gasteiger partial charge in [-0.3, -0.25) is 0 Å². The van der Waals surface area contributed by atoms with Gasteiger partial charge in [-0.25, -0.2) is 0 Å². The lowest BCUT2D eigenvalue weighted by Gasteiger charge is -2.26. The van der Waals surface area contributed by atoms with E-state index in [0.717, 1.165) is 16.9 Å². The molecule has 0 fully saturated rings. The second-order valence-corrected chi connectivity index (χ2v) is 4.49. The minimum Gasteiger partial charge on any atom is -0.492 e. The molecule has 0 aromatic heterocycles. The lowest BCUT2D eigenvalue weighted by atomic mass is 10.0. The fraction of sp³-hybridized carbons (Fsp3) is 0.400. The standard InChI is InChI=1S/C10H11BrO2/c1-6-2-3-9-7(4-6)10(12)8(11)5-13-9/h2-4,8,10,12H,5H2,1H3. The molecule has 0 spiro atoms. The van der Waals surface area contributed by atoms with Crippen molar-refractivity contribution < 1.29 is 9.84 Å². The number of benzene rings is 1. The van der Waals surface area contributed by atoms with Crippen molar-refractivity contribution in [2.45, 2.75) is 17.9 Å². The highest BCUT2D eigenvalue weighted by Crippen LogP contribution is 2.35. The van der Waals surface area contributed by atoms with E-state index in [1.165, 1.54) is 0 Å². The van der Waals surface area contributed by atoms with Gasteiger partial charge in [0.05, 0.1) is 10.9 Å². The number of halogens is 1. The van der Waals surface area contributed by atoms with Crippen LogP contribution in [0.15, 0.2) is 18.2 Å². The summed E-state index contributed by atoms with van der Waals surface area (Å²) < 4.78 is 5.45. The molecule has 0 radical (unpaired) electrons. The van der Waals surface area contributed by atoms with Crippen molar-refractivity contribution in [1.29, 1.82) is 0 Å². The summed E-state index contributed by atoms with van der Waals surface area (Å²) in [6.45, 7) is 2.53. The van der Waals surface area contributed by atoms with E-state index in [4.69, 9.17) is 4.74 Å². The average molecular weight is 243 g/mol. The van der Waals surface area contributed by atoms with Crippen LogP contribution in [-0.4, -0.2) is 16.5 Å². The molecule has 1 aromatic rings. The average Bonchev–Trinajstić information content (AvgIpc) is 2.12. The van der Waals surface area contributed by atoms with E-state index in [-0.39, 0.29) is 4.83 Å². The fourth-order valence-corrected chi connectivity index (χ4v) is 1.90. The highest BCUT2D eigenvalue weighted by molar-refractivity contribution is 9.09. The Hall–Kier alpha value is -0.540. The van der Waals surface area contributed by atoms with Crippen LogP contribution in [0.5, 0.6) is 5.75 Å². The van der Waals surface area contributed by atoms with Gasteiger partial charge in [-0.1, -0.05) is 27.6 Å². The molecule has 2 nitrogen and oxygen atoms in total. The first kappa shape index (κ1) is 9.03. The maximum atomic E-state index is 9.83. The molecule has 0 bridgehead atoms. The first-order valence-corrected chi connectivity index (χ1v) is 5.15. The minimum atomic E-state index is -0.455. The molecule has 0 aliphatic carbocycles. The maximum absolute atomic E-state index is 9.83. The molecule has 1 aromatic carbocycles. The van der Waals surface area contributed by atoms with Crippen LogP contribution in [-0.2, 0) is 0 Å². The fourth-order valence-electron chi connectivity index (χ4n) is 1.49. The Bertz CT molecular complexity index is 325. The summed E-state index contributed by atoms with van der Waals surface area (Å²) in [5.74, 6) is 0.800. The highest BCUT2D eigenvalue weighted by atomic mass is 79.9. The van der Waals surface area contributed by atoms with Crippen molar-refractivity contribution in [2.24, 2.45) is 0 Å². The van der Waals surface area contributed by atoms with Gasteiger partial charge < -0.3 is 9.84 Å². The van der Waals surface area contributed by atoms with Crippen LogP contribution in [0.25, 0.3) is 0 Å². The molecule has 1 aliphatic heterocycles. The van der Waals surface area contributed by atoms with Crippen molar-refractivity contribution in [3.63, 3.8) is 0 Å².